The van der Waals surface area contributed by atoms with Gasteiger partial charge in [-0.15, -0.1) is 0 Å². The molecule has 0 heterocycles. The van der Waals surface area contributed by atoms with Crippen LogP contribution >= 0.6 is 0 Å². The summed E-state index contributed by atoms with van der Waals surface area (Å²) in [6, 6.07) is 0. The minimum absolute atomic E-state index is 0.398. The van der Waals surface area contributed by atoms with Gasteiger partial charge in [-0.3, -0.25) is 4.79 Å². The van der Waals surface area contributed by atoms with E-state index in [9.17, 15) is 26.7 Å². The highest BCUT2D eigenvalue weighted by Crippen LogP contribution is 2.29. The van der Waals surface area contributed by atoms with Crippen LogP contribution in [0.25, 0.3) is 10.4 Å². The van der Waals surface area contributed by atoms with Crippen LogP contribution in [0.3, 0.4) is 0 Å². The number of primary amides is 1. The number of hydrogen-bond acceptors (Lipinski definition) is 2. The molecule has 1 rings (SSSR count). The summed E-state index contributed by atoms with van der Waals surface area (Å²) in [5.41, 5.74) is 11.4. The van der Waals surface area contributed by atoms with Gasteiger partial charge in [-0.1, -0.05) is 11.7 Å². The molecule has 1 amide bonds. The number of amides is 1. The maximum absolute atomic E-state index is 12.6. The van der Waals surface area contributed by atoms with Gasteiger partial charge in [-0.2, -0.15) is 0 Å². The first-order chi connectivity index (χ1) is 9.14. The summed E-state index contributed by atoms with van der Waals surface area (Å²) in [7, 11) is 0. The molecule has 0 spiro atoms. The lowest BCUT2D eigenvalue weighted by atomic mass is 10.2. The molecule has 2 N–H and O–H groups in total. The topological polar surface area (TPSA) is 91.9 Å². The molecule has 10 heteroatoms. The smallest absolute Gasteiger partial charge is 0.243 e. The molecule has 0 aliphatic rings. The highest BCUT2D eigenvalue weighted by Gasteiger charge is 2.24. The molecule has 0 unspecified atom stereocenters. The third-order valence-corrected chi connectivity index (χ3v) is 1.75. The summed E-state index contributed by atoms with van der Waals surface area (Å²) < 4.78 is 62.3. The van der Waals surface area contributed by atoms with E-state index in [1.54, 1.807) is 6.92 Å². The van der Waals surface area contributed by atoms with Crippen LogP contribution in [0.15, 0.2) is 17.3 Å². The summed E-state index contributed by atoms with van der Waals surface area (Å²) >= 11 is 0. The van der Waals surface area contributed by atoms with E-state index in [0.29, 0.717) is 5.57 Å². The van der Waals surface area contributed by atoms with Crippen molar-refractivity contribution in [2.75, 3.05) is 0 Å². The minimum Gasteiger partial charge on any atom is -0.366 e. The number of rotatable bonds is 2. The lowest BCUT2D eigenvalue weighted by Crippen LogP contribution is -2.10. The molecule has 0 saturated carbocycles. The SMILES string of the molecule is C=C(C)C(N)=O.[N-]=[N+]=Nc1c(F)c(F)c(F)c(F)c1F. The molecular formula is C10H7F5N4O. The Morgan fingerprint density at radius 1 is 1.10 bits per heavy atom. The van der Waals surface area contributed by atoms with Gasteiger partial charge in [-0.05, 0) is 12.5 Å². The van der Waals surface area contributed by atoms with Gasteiger partial charge in [0, 0.05) is 10.5 Å². The second kappa shape index (κ2) is 7.10. The molecule has 0 fully saturated rings. The summed E-state index contributed by atoms with van der Waals surface area (Å²) in [6.07, 6.45) is 0. The fourth-order valence-electron chi connectivity index (χ4n) is 0.726. The Bertz CT molecular complexity index is 569. The molecule has 0 aliphatic heterocycles. The largest absolute Gasteiger partial charge is 0.366 e. The van der Waals surface area contributed by atoms with E-state index >= 15 is 0 Å². The summed E-state index contributed by atoms with van der Waals surface area (Å²) in [4.78, 5) is 11.8. The molecule has 0 aliphatic carbocycles. The third-order valence-electron chi connectivity index (χ3n) is 1.75. The molecule has 20 heavy (non-hydrogen) atoms. The van der Waals surface area contributed by atoms with Crippen molar-refractivity contribution < 1.29 is 26.7 Å². The number of halogens is 5. The number of nitrogens with zero attached hydrogens (tertiary/aromatic N) is 3. The van der Waals surface area contributed by atoms with Crippen molar-refractivity contribution in [3.8, 4) is 0 Å². The summed E-state index contributed by atoms with van der Waals surface area (Å²) in [5, 5.41) is 2.35. The Balaban J connectivity index is 0.000000511. The van der Waals surface area contributed by atoms with E-state index in [2.05, 4.69) is 11.7 Å². The van der Waals surface area contributed by atoms with Gasteiger partial charge in [-0.25, -0.2) is 22.0 Å². The second-order valence-corrected chi connectivity index (χ2v) is 3.25. The van der Waals surface area contributed by atoms with Crippen molar-refractivity contribution in [1.29, 1.82) is 0 Å². The van der Waals surface area contributed by atoms with Gasteiger partial charge in [0.15, 0.2) is 23.3 Å². The summed E-state index contributed by atoms with van der Waals surface area (Å²) in [6.45, 7) is 4.85. The van der Waals surface area contributed by atoms with E-state index < -0.39 is 40.7 Å². The molecule has 0 radical (unpaired) electrons. The van der Waals surface area contributed by atoms with Crippen molar-refractivity contribution in [3.63, 3.8) is 0 Å². The van der Waals surface area contributed by atoms with E-state index in [0.717, 1.165) is 0 Å². The van der Waals surface area contributed by atoms with Gasteiger partial charge in [0.2, 0.25) is 11.7 Å². The maximum atomic E-state index is 12.6. The monoisotopic (exact) mass is 294 g/mol. The Hall–Kier alpha value is -2.61. The van der Waals surface area contributed by atoms with Gasteiger partial charge in [0.25, 0.3) is 0 Å². The number of azide groups is 1. The van der Waals surface area contributed by atoms with Crippen LogP contribution in [0.2, 0.25) is 0 Å². The maximum Gasteiger partial charge on any atom is 0.243 e. The van der Waals surface area contributed by atoms with Crippen molar-refractivity contribution in [1.82, 2.24) is 0 Å². The Kier molecular flexibility index (Phi) is 6.17. The van der Waals surface area contributed by atoms with Crippen LogP contribution in [0.4, 0.5) is 27.6 Å². The Labute approximate surface area is 109 Å². The molecule has 0 aromatic heterocycles. The lowest BCUT2D eigenvalue weighted by molar-refractivity contribution is -0.114. The number of carbonyl (C=O) groups excluding carboxylic acids is 1. The standard InChI is InChI=1S/C6F5N3.C4H7NO/c7-1-2(8)4(10)6(13-14-12)5(11)3(1)9;1-3(2)4(5)6/h;1H2,2H3,(H2,5,6). The van der Waals surface area contributed by atoms with Crippen molar-refractivity contribution in [2.24, 2.45) is 10.8 Å². The number of nitrogens with two attached hydrogens (primary N) is 1. The van der Waals surface area contributed by atoms with Crippen LogP contribution in [-0.4, -0.2) is 5.91 Å². The van der Waals surface area contributed by atoms with Crippen LogP contribution in [0.1, 0.15) is 6.92 Å². The van der Waals surface area contributed by atoms with Crippen LogP contribution in [0.5, 0.6) is 0 Å². The average Bonchev–Trinajstić information content (AvgIpc) is 2.40. The van der Waals surface area contributed by atoms with E-state index in [4.69, 9.17) is 11.3 Å². The van der Waals surface area contributed by atoms with Gasteiger partial charge >= 0.3 is 0 Å². The molecule has 0 saturated heterocycles. The predicted molar refractivity (Wildman–Crippen MR) is 59.0 cm³/mol. The third kappa shape index (κ3) is 3.95. The zero-order valence-corrected chi connectivity index (χ0v) is 9.92. The first-order valence-corrected chi connectivity index (χ1v) is 4.66. The zero-order chi connectivity index (χ0) is 16.0. The van der Waals surface area contributed by atoms with Crippen molar-refractivity contribution >= 4 is 11.6 Å². The van der Waals surface area contributed by atoms with Crippen molar-refractivity contribution in [3.05, 3.63) is 51.7 Å². The minimum atomic E-state index is -2.29. The number of benzene rings is 1. The van der Waals surface area contributed by atoms with Crippen LogP contribution < -0.4 is 5.73 Å². The Morgan fingerprint density at radius 3 is 1.65 bits per heavy atom. The van der Waals surface area contributed by atoms with Gasteiger partial charge in [0.05, 0.1) is 0 Å². The summed E-state index contributed by atoms with van der Waals surface area (Å²) in [5.74, 6) is -11.3. The molecule has 1 aromatic carbocycles. The highest BCUT2D eigenvalue weighted by molar-refractivity contribution is 5.90. The molecule has 108 valence electrons. The number of hydrogen-bond donors (Lipinski definition) is 1. The normalized spacial score (nSPS) is 9.10. The molecule has 1 aromatic rings. The van der Waals surface area contributed by atoms with E-state index in [1.807, 2.05) is 4.91 Å². The quantitative estimate of drug-likeness (QED) is 0.169. The number of carbonyl (C=O) groups is 1. The van der Waals surface area contributed by atoms with Crippen LogP contribution in [0, 0.1) is 29.1 Å². The molecule has 0 atom stereocenters. The highest BCUT2D eigenvalue weighted by atomic mass is 19.2. The fraction of sp³-hybridized carbons (Fsp3) is 0.100. The molecule has 0 bridgehead atoms. The van der Waals surface area contributed by atoms with E-state index in [1.165, 1.54) is 0 Å². The Morgan fingerprint density at radius 2 is 1.40 bits per heavy atom. The zero-order valence-electron chi connectivity index (χ0n) is 9.92. The predicted octanol–water partition coefficient (Wildman–Crippen LogP) is 3.37. The van der Waals surface area contributed by atoms with E-state index in [-0.39, 0.29) is 0 Å². The lowest BCUT2D eigenvalue weighted by Gasteiger charge is -2.02. The van der Waals surface area contributed by atoms with Gasteiger partial charge < -0.3 is 5.73 Å². The van der Waals surface area contributed by atoms with Crippen LogP contribution in [-0.2, 0) is 4.79 Å². The second-order valence-electron chi connectivity index (χ2n) is 3.25. The first kappa shape index (κ1) is 17.4. The molecule has 5 nitrogen and oxygen atoms in total. The molecular weight excluding hydrogens is 287 g/mol. The first-order valence-electron chi connectivity index (χ1n) is 4.66. The fourth-order valence-corrected chi connectivity index (χ4v) is 0.726. The van der Waals surface area contributed by atoms with Crippen molar-refractivity contribution in [2.45, 2.75) is 6.92 Å². The van der Waals surface area contributed by atoms with Gasteiger partial charge in [0.1, 0.15) is 5.69 Å². The average molecular weight is 294 g/mol.